The summed E-state index contributed by atoms with van der Waals surface area (Å²) in [6.45, 7) is 2.70. The second kappa shape index (κ2) is 5.44. The number of guanidine groups is 1. The van der Waals surface area contributed by atoms with Gasteiger partial charge in [0, 0.05) is 13.1 Å². The lowest BCUT2D eigenvalue weighted by Crippen LogP contribution is -2.40. The molecule has 0 bridgehead atoms. The highest BCUT2D eigenvalue weighted by atomic mass is 15.3. The number of aliphatic imine (C=N–C) groups is 1. The Labute approximate surface area is 121 Å². The normalized spacial score (nSPS) is 22.4. The minimum atomic E-state index is 0.309. The summed E-state index contributed by atoms with van der Waals surface area (Å²) in [5.74, 6) is 1.50. The molecule has 1 aromatic rings. The van der Waals surface area contributed by atoms with Gasteiger partial charge < -0.3 is 15.5 Å². The van der Waals surface area contributed by atoms with Crippen molar-refractivity contribution in [2.75, 3.05) is 33.7 Å². The molecule has 1 fully saturated rings. The first kappa shape index (κ1) is 13.4. The average molecular weight is 272 g/mol. The summed E-state index contributed by atoms with van der Waals surface area (Å²) in [5, 5.41) is 0. The molecule has 4 nitrogen and oxygen atoms in total. The lowest BCUT2D eigenvalue weighted by atomic mass is 10.0. The molecular weight excluding hydrogens is 248 g/mol. The summed E-state index contributed by atoms with van der Waals surface area (Å²) in [7, 11) is 4.17. The molecule has 2 N–H and O–H groups in total. The van der Waals surface area contributed by atoms with Crippen LogP contribution in [0.1, 0.15) is 35.9 Å². The minimum absolute atomic E-state index is 0.309. The molecule has 1 saturated carbocycles. The summed E-state index contributed by atoms with van der Waals surface area (Å²) in [6, 6.07) is 9.39. The van der Waals surface area contributed by atoms with E-state index in [1.54, 1.807) is 0 Å². The van der Waals surface area contributed by atoms with Crippen LogP contribution in [0.2, 0.25) is 0 Å². The highest BCUT2D eigenvalue weighted by Gasteiger charge is 2.28. The predicted molar refractivity (Wildman–Crippen MR) is 82.9 cm³/mol. The fourth-order valence-corrected chi connectivity index (χ4v) is 2.80. The van der Waals surface area contributed by atoms with Gasteiger partial charge in [0.1, 0.15) is 0 Å². The first-order valence-corrected chi connectivity index (χ1v) is 7.46. The van der Waals surface area contributed by atoms with Crippen LogP contribution in [0.25, 0.3) is 0 Å². The molecule has 3 rings (SSSR count). The summed E-state index contributed by atoms with van der Waals surface area (Å²) in [6.07, 6.45) is 2.71. The largest absolute Gasteiger partial charge is 0.370 e. The fraction of sp³-hybridized carbons (Fsp3) is 0.562. The lowest BCUT2D eigenvalue weighted by molar-refractivity contribution is 0.293. The van der Waals surface area contributed by atoms with E-state index < -0.39 is 0 Å². The van der Waals surface area contributed by atoms with Crippen molar-refractivity contribution in [2.24, 2.45) is 10.7 Å². The first-order valence-electron chi connectivity index (χ1n) is 7.46. The Kier molecular flexibility index (Phi) is 3.66. The van der Waals surface area contributed by atoms with Crippen LogP contribution < -0.4 is 5.73 Å². The van der Waals surface area contributed by atoms with E-state index in [0.717, 1.165) is 25.6 Å². The topological polar surface area (TPSA) is 44.9 Å². The van der Waals surface area contributed by atoms with Crippen LogP contribution in [0.15, 0.2) is 29.3 Å². The van der Waals surface area contributed by atoms with Crippen molar-refractivity contribution in [2.45, 2.75) is 24.8 Å². The predicted octanol–water partition coefficient (Wildman–Crippen LogP) is 1.80. The smallest absolute Gasteiger partial charge is 0.191 e. The van der Waals surface area contributed by atoms with Gasteiger partial charge in [0.15, 0.2) is 5.96 Å². The zero-order valence-electron chi connectivity index (χ0n) is 12.4. The van der Waals surface area contributed by atoms with Gasteiger partial charge in [0.05, 0.1) is 12.6 Å². The maximum Gasteiger partial charge on any atom is 0.191 e. The first-order chi connectivity index (χ1) is 9.65. The van der Waals surface area contributed by atoms with E-state index in [9.17, 15) is 0 Å². The van der Waals surface area contributed by atoms with E-state index in [1.807, 2.05) is 0 Å². The molecule has 1 unspecified atom stereocenters. The van der Waals surface area contributed by atoms with E-state index >= 15 is 0 Å². The Morgan fingerprint density at radius 1 is 1.20 bits per heavy atom. The van der Waals surface area contributed by atoms with Crippen molar-refractivity contribution in [1.82, 2.24) is 9.80 Å². The third-order valence-corrected chi connectivity index (χ3v) is 4.25. The van der Waals surface area contributed by atoms with E-state index in [2.05, 4.69) is 53.2 Å². The van der Waals surface area contributed by atoms with Gasteiger partial charge in [-0.15, -0.1) is 0 Å². The van der Waals surface area contributed by atoms with E-state index in [1.165, 1.54) is 24.0 Å². The van der Waals surface area contributed by atoms with Gasteiger partial charge in [-0.05, 0) is 44.0 Å². The van der Waals surface area contributed by atoms with Gasteiger partial charge in [0.25, 0.3) is 0 Å². The second-order valence-corrected chi connectivity index (χ2v) is 6.15. The molecule has 1 aliphatic carbocycles. The van der Waals surface area contributed by atoms with Gasteiger partial charge >= 0.3 is 0 Å². The number of rotatable bonds is 5. The third-order valence-electron chi connectivity index (χ3n) is 4.25. The quantitative estimate of drug-likeness (QED) is 0.889. The number of benzene rings is 1. The molecule has 20 heavy (non-hydrogen) atoms. The van der Waals surface area contributed by atoms with Crippen molar-refractivity contribution in [1.29, 1.82) is 0 Å². The highest BCUT2D eigenvalue weighted by molar-refractivity contribution is 5.80. The van der Waals surface area contributed by atoms with Crippen LogP contribution in [0, 0.1) is 0 Å². The molecule has 0 radical (unpaired) electrons. The van der Waals surface area contributed by atoms with Gasteiger partial charge in [-0.1, -0.05) is 24.3 Å². The Morgan fingerprint density at radius 3 is 2.45 bits per heavy atom. The summed E-state index contributed by atoms with van der Waals surface area (Å²) in [4.78, 5) is 8.83. The SMILES string of the molecule is CN(C)CCN1C(N)=NCC1c1ccc(C2CC2)cc1. The van der Waals surface area contributed by atoms with Gasteiger partial charge in [-0.2, -0.15) is 0 Å². The van der Waals surface area contributed by atoms with Crippen molar-refractivity contribution in [3.05, 3.63) is 35.4 Å². The number of hydrogen-bond donors (Lipinski definition) is 1. The van der Waals surface area contributed by atoms with Crippen LogP contribution in [0.5, 0.6) is 0 Å². The Hall–Kier alpha value is -1.55. The molecule has 0 aromatic heterocycles. The minimum Gasteiger partial charge on any atom is -0.370 e. The zero-order chi connectivity index (χ0) is 14.1. The molecule has 0 saturated heterocycles. The number of nitrogens with zero attached hydrogens (tertiary/aromatic N) is 3. The van der Waals surface area contributed by atoms with Crippen LogP contribution in [-0.2, 0) is 0 Å². The lowest BCUT2D eigenvalue weighted by Gasteiger charge is -2.28. The van der Waals surface area contributed by atoms with E-state index in [-0.39, 0.29) is 0 Å². The van der Waals surface area contributed by atoms with E-state index in [4.69, 9.17) is 5.73 Å². The van der Waals surface area contributed by atoms with Crippen molar-refractivity contribution < 1.29 is 0 Å². The number of nitrogens with two attached hydrogens (primary N) is 1. The maximum atomic E-state index is 6.04. The molecular formula is C16H24N4. The maximum absolute atomic E-state index is 6.04. The van der Waals surface area contributed by atoms with Gasteiger partial charge in [0.2, 0.25) is 0 Å². The average Bonchev–Trinajstić information content (AvgIpc) is 3.21. The molecule has 0 spiro atoms. The Bertz CT molecular complexity index is 488. The summed E-state index contributed by atoms with van der Waals surface area (Å²) >= 11 is 0. The molecule has 0 amide bonds. The monoisotopic (exact) mass is 272 g/mol. The van der Waals surface area contributed by atoms with Crippen LogP contribution in [-0.4, -0.2) is 49.5 Å². The van der Waals surface area contributed by atoms with Crippen LogP contribution >= 0.6 is 0 Å². The summed E-state index contributed by atoms with van der Waals surface area (Å²) in [5.41, 5.74) is 8.86. The molecule has 108 valence electrons. The Balaban J connectivity index is 1.71. The molecule has 1 atom stereocenters. The fourth-order valence-electron chi connectivity index (χ4n) is 2.80. The molecule has 1 aliphatic heterocycles. The highest BCUT2D eigenvalue weighted by Crippen LogP contribution is 2.40. The molecule has 4 heteroatoms. The zero-order valence-corrected chi connectivity index (χ0v) is 12.4. The number of likely N-dealkylation sites (N-methyl/N-ethyl adjacent to an activating group) is 1. The second-order valence-electron chi connectivity index (χ2n) is 6.15. The van der Waals surface area contributed by atoms with Crippen molar-refractivity contribution in [3.63, 3.8) is 0 Å². The van der Waals surface area contributed by atoms with Crippen LogP contribution in [0.3, 0.4) is 0 Å². The molecule has 1 heterocycles. The molecule has 1 aromatic carbocycles. The van der Waals surface area contributed by atoms with Crippen molar-refractivity contribution in [3.8, 4) is 0 Å². The summed E-state index contributed by atoms with van der Waals surface area (Å²) < 4.78 is 0. The third kappa shape index (κ3) is 2.80. The number of hydrogen-bond acceptors (Lipinski definition) is 4. The van der Waals surface area contributed by atoms with E-state index in [0.29, 0.717) is 12.0 Å². The Morgan fingerprint density at radius 2 is 1.85 bits per heavy atom. The standard InChI is InChI=1S/C16H24N4/c1-19(2)9-10-20-15(11-18-16(20)17)14-7-5-13(6-8-14)12-3-4-12/h5-8,12,15H,3-4,9-11H2,1-2H3,(H2,17,18). The van der Waals surface area contributed by atoms with Crippen LogP contribution in [0.4, 0.5) is 0 Å². The van der Waals surface area contributed by atoms with Gasteiger partial charge in [-0.3, -0.25) is 4.99 Å². The molecule has 2 aliphatic rings. The van der Waals surface area contributed by atoms with Gasteiger partial charge in [-0.25, -0.2) is 0 Å². The van der Waals surface area contributed by atoms with Crippen molar-refractivity contribution >= 4 is 5.96 Å².